The Balaban J connectivity index is 1.18. The van der Waals surface area contributed by atoms with Crippen molar-refractivity contribution in [2.75, 3.05) is 39.3 Å². The summed E-state index contributed by atoms with van der Waals surface area (Å²) in [4.78, 5) is 30.7. The number of likely N-dealkylation sites (tertiary alicyclic amines) is 2. The quantitative estimate of drug-likeness (QED) is 0.293. The van der Waals surface area contributed by atoms with Crippen LogP contribution in [0.2, 0.25) is 0 Å². The Kier molecular flexibility index (Phi) is 10.2. The minimum atomic E-state index is -4.60. The molecule has 240 valence electrons. The van der Waals surface area contributed by atoms with Gasteiger partial charge in [-0.3, -0.25) is 14.5 Å². The van der Waals surface area contributed by atoms with Gasteiger partial charge in [-0.1, -0.05) is 25.0 Å². The molecule has 0 spiro atoms. The van der Waals surface area contributed by atoms with Crippen molar-refractivity contribution in [1.82, 2.24) is 20.4 Å². The zero-order valence-corrected chi connectivity index (χ0v) is 25.0. The molecule has 11 heteroatoms. The monoisotopic (exact) mass is 620 g/mol. The highest BCUT2D eigenvalue weighted by Crippen LogP contribution is 2.46. The lowest BCUT2D eigenvalue weighted by molar-refractivity contribution is -0.137. The van der Waals surface area contributed by atoms with Crippen molar-refractivity contribution >= 4 is 11.8 Å². The van der Waals surface area contributed by atoms with Gasteiger partial charge in [-0.05, 0) is 105 Å². The summed E-state index contributed by atoms with van der Waals surface area (Å²) in [6, 6.07) is 7.70. The van der Waals surface area contributed by atoms with E-state index in [0.29, 0.717) is 44.9 Å². The number of piperidine rings is 1. The van der Waals surface area contributed by atoms with E-state index < -0.39 is 35.6 Å². The third kappa shape index (κ3) is 8.35. The van der Waals surface area contributed by atoms with Gasteiger partial charge in [0.1, 0.15) is 12.5 Å². The van der Waals surface area contributed by atoms with Crippen molar-refractivity contribution in [3.05, 3.63) is 70.0 Å². The maximum Gasteiger partial charge on any atom is 0.416 e. The van der Waals surface area contributed by atoms with E-state index in [1.165, 1.54) is 12.1 Å². The summed E-state index contributed by atoms with van der Waals surface area (Å²) < 4.78 is 67.7. The van der Waals surface area contributed by atoms with Crippen molar-refractivity contribution in [1.29, 1.82) is 0 Å². The standard InChI is InChI=1S/C33H41F5N4O2/c34-20-25-15-26(17-27(16-25)33(36,37)38)21-40-31(44)32(19-23-3-4-23)7-12-42(13-8-32)22-24-5-6-29(35)28(18-24)30(43)39-9-14-41-10-1-2-11-41/h5-6,15-18,23H,1-4,7-14,19-22H2,(H,39,43)(H,40,44). The van der Waals surface area contributed by atoms with Gasteiger partial charge in [0.2, 0.25) is 5.91 Å². The van der Waals surface area contributed by atoms with Crippen LogP contribution in [0.3, 0.4) is 0 Å². The Hall–Kier alpha value is -3.05. The van der Waals surface area contributed by atoms with Crippen LogP contribution < -0.4 is 10.6 Å². The predicted molar refractivity (Wildman–Crippen MR) is 157 cm³/mol. The number of carbonyl (C=O) groups is 2. The fourth-order valence-electron chi connectivity index (χ4n) is 6.54. The molecular formula is C33H41F5N4O2. The maximum atomic E-state index is 14.6. The van der Waals surface area contributed by atoms with E-state index in [1.807, 2.05) is 0 Å². The second kappa shape index (κ2) is 13.9. The van der Waals surface area contributed by atoms with Gasteiger partial charge < -0.3 is 15.5 Å². The Morgan fingerprint density at radius 2 is 1.59 bits per heavy atom. The molecule has 5 rings (SSSR count). The van der Waals surface area contributed by atoms with Crippen LogP contribution >= 0.6 is 0 Å². The van der Waals surface area contributed by atoms with Crippen molar-refractivity contribution in [3.63, 3.8) is 0 Å². The van der Waals surface area contributed by atoms with Gasteiger partial charge in [0.05, 0.1) is 16.5 Å². The van der Waals surface area contributed by atoms with E-state index in [0.717, 1.165) is 69.4 Å². The van der Waals surface area contributed by atoms with Gasteiger partial charge in [0.15, 0.2) is 0 Å². The number of halogens is 5. The zero-order valence-electron chi connectivity index (χ0n) is 25.0. The zero-order chi connectivity index (χ0) is 31.3. The third-order valence-electron chi connectivity index (χ3n) is 9.25. The Bertz CT molecular complexity index is 1320. The number of hydrogen-bond donors (Lipinski definition) is 2. The van der Waals surface area contributed by atoms with Gasteiger partial charge in [-0.15, -0.1) is 0 Å². The Morgan fingerprint density at radius 3 is 2.25 bits per heavy atom. The predicted octanol–water partition coefficient (Wildman–Crippen LogP) is 5.84. The molecular weight excluding hydrogens is 579 g/mol. The molecule has 0 aromatic heterocycles. The summed E-state index contributed by atoms with van der Waals surface area (Å²) in [6.45, 7) is 3.86. The molecule has 2 amide bonds. The lowest BCUT2D eigenvalue weighted by Crippen LogP contribution is -2.48. The highest BCUT2D eigenvalue weighted by atomic mass is 19.4. The molecule has 0 atom stereocenters. The smallest absolute Gasteiger partial charge is 0.352 e. The van der Waals surface area contributed by atoms with Crippen molar-refractivity contribution in [2.24, 2.45) is 11.3 Å². The number of nitrogens with zero attached hydrogens (tertiary/aromatic N) is 2. The second-order valence-electron chi connectivity index (χ2n) is 12.7. The lowest BCUT2D eigenvalue weighted by Gasteiger charge is -2.41. The average Bonchev–Trinajstić information content (AvgIpc) is 3.66. The van der Waals surface area contributed by atoms with Gasteiger partial charge >= 0.3 is 6.18 Å². The highest BCUT2D eigenvalue weighted by Gasteiger charge is 2.45. The molecule has 0 radical (unpaired) electrons. The van der Waals surface area contributed by atoms with Crippen LogP contribution in [0.5, 0.6) is 0 Å². The number of alkyl halides is 4. The summed E-state index contributed by atoms with van der Waals surface area (Å²) in [5, 5.41) is 5.69. The van der Waals surface area contributed by atoms with Gasteiger partial charge in [0, 0.05) is 26.2 Å². The topological polar surface area (TPSA) is 64.7 Å². The molecule has 1 saturated carbocycles. The molecule has 2 N–H and O–H groups in total. The molecule has 3 aliphatic rings. The summed E-state index contributed by atoms with van der Waals surface area (Å²) in [5.74, 6) is -0.715. The normalized spacial score (nSPS) is 19.2. The van der Waals surface area contributed by atoms with Crippen LogP contribution in [0.15, 0.2) is 36.4 Å². The molecule has 2 aliphatic heterocycles. The number of rotatable bonds is 12. The summed E-state index contributed by atoms with van der Waals surface area (Å²) >= 11 is 0. The largest absolute Gasteiger partial charge is 0.416 e. The van der Waals surface area contributed by atoms with Gasteiger partial charge in [-0.25, -0.2) is 8.78 Å². The van der Waals surface area contributed by atoms with Crippen LogP contribution in [0.1, 0.15) is 77.6 Å². The molecule has 1 aliphatic carbocycles. The second-order valence-corrected chi connectivity index (χ2v) is 12.7. The first-order chi connectivity index (χ1) is 21.0. The number of benzene rings is 2. The van der Waals surface area contributed by atoms with Crippen molar-refractivity contribution in [3.8, 4) is 0 Å². The van der Waals surface area contributed by atoms with E-state index in [1.54, 1.807) is 12.1 Å². The molecule has 2 saturated heterocycles. The van der Waals surface area contributed by atoms with Gasteiger partial charge in [-0.2, -0.15) is 13.2 Å². The van der Waals surface area contributed by atoms with Crippen molar-refractivity contribution in [2.45, 2.75) is 70.9 Å². The minimum absolute atomic E-state index is 0.0221. The summed E-state index contributed by atoms with van der Waals surface area (Å²) in [6.07, 6.45) is 1.73. The molecule has 6 nitrogen and oxygen atoms in total. The summed E-state index contributed by atoms with van der Waals surface area (Å²) in [7, 11) is 0. The Morgan fingerprint density at radius 1 is 0.886 bits per heavy atom. The number of hydrogen-bond acceptors (Lipinski definition) is 4. The van der Waals surface area contributed by atoms with E-state index in [2.05, 4.69) is 20.4 Å². The van der Waals surface area contributed by atoms with Crippen LogP contribution in [0.25, 0.3) is 0 Å². The van der Waals surface area contributed by atoms with E-state index in [-0.39, 0.29) is 29.1 Å². The van der Waals surface area contributed by atoms with Crippen molar-refractivity contribution < 1.29 is 31.5 Å². The van der Waals surface area contributed by atoms with E-state index >= 15 is 0 Å². The first-order valence-electron chi connectivity index (χ1n) is 15.6. The number of amides is 2. The minimum Gasteiger partial charge on any atom is -0.352 e. The first kappa shape index (κ1) is 32.3. The molecule has 2 aromatic rings. The summed E-state index contributed by atoms with van der Waals surface area (Å²) in [5.41, 5.74) is -0.592. The average molecular weight is 621 g/mol. The third-order valence-corrected chi connectivity index (χ3v) is 9.25. The number of carbonyl (C=O) groups excluding carboxylic acids is 2. The van der Waals surface area contributed by atoms with Crippen LogP contribution in [-0.2, 0) is 30.7 Å². The first-order valence-corrected chi connectivity index (χ1v) is 15.6. The fraction of sp³-hybridized carbons (Fsp3) is 0.576. The Labute approximate surface area is 255 Å². The molecule has 2 aromatic carbocycles. The molecule has 3 fully saturated rings. The molecule has 44 heavy (non-hydrogen) atoms. The molecule has 0 unspecified atom stereocenters. The van der Waals surface area contributed by atoms with Crippen LogP contribution in [-0.4, -0.2) is 60.9 Å². The SMILES string of the molecule is O=C(NCCN1CCCC1)c1cc(CN2CCC(CC3CC3)(C(=O)NCc3cc(CF)cc(C(F)(F)F)c3)CC2)ccc1F. The van der Waals surface area contributed by atoms with E-state index in [9.17, 15) is 31.5 Å². The fourth-order valence-corrected chi connectivity index (χ4v) is 6.54. The van der Waals surface area contributed by atoms with Crippen LogP contribution in [0.4, 0.5) is 22.0 Å². The highest BCUT2D eigenvalue weighted by molar-refractivity contribution is 5.94. The number of nitrogens with one attached hydrogen (secondary N) is 2. The van der Waals surface area contributed by atoms with E-state index in [4.69, 9.17) is 0 Å². The molecule has 0 bridgehead atoms. The van der Waals surface area contributed by atoms with Gasteiger partial charge in [0.25, 0.3) is 5.91 Å². The lowest BCUT2D eigenvalue weighted by atomic mass is 9.73. The maximum absolute atomic E-state index is 14.6. The van der Waals surface area contributed by atoms with Crippen LogP contribution in [0, 0.1) is 17.2 Å². The molecule has 2 heterocycles.